The molecule has 1 atom stereocenters. The summed E-state index contributed by atoms with van der Waals surface area (Å²) in [5.74, 6) is -0.120. The van der Waals surface area contributed by atoms with E-state index in [0.29, 0.717) is 17.9 Å². The first-order chi connectivity index (χ1) is 15.4. The van der Waals surface area contributed by atoms with Gasteiger partial charge in [0.05, 0.1) is 23.2 Å². The normalized spacial score (nSPS) is 17.8. The van der Waals surface area contributed by atoms with Crippen LogP contribution in [0.5, 0.6) is 0 Å². The highest BCUT2D eigenvalue weighted by Gasteiger charge is 2.35. The average Bonchev–Trinajstić information content (AvgIpc) is 2.86. The van der Waals surface area contributed by atoms with Crippen LogP contribution in [0.4, 0.5) is 5.69 Å². The number of esters is 1. The molecule has 0 aliphatic carbocycles. The molecule has 0 spiro atoms. The standard InChI is InChI=1S/C24H34N2O4S2/c1-4-30-23(27)13-7-5-6-10-16-25-24-19-11-8-9-12-21(19)26(2)32(28,29)22-17-18(31-3)14-15-20(22)24/h8-9,11-12,14-15,17,24-25,28-29H,4-7,10,13,16H2,1-3H3. The first-order valence-corrected chi connectivity index (χ1v) is 13.8. The molecular weight excluding hydrogens is 444 g/mol. The van der Waals surface area contributed by atoms with Crippen LogP contribution in [0.1, 0.15) is 56.2 Å². The molecule has 1 aliphatic rings. The van der Waals surface area contributed by atoms with E-state index in [9.17, 15) is 13.9 Å². The molecule has 1 unspecified atom stereocenters. The fourth-order valence-electron chi connectivity index (χ4n) is 4.04. The van der Waals surface area contributed by atoms with Crippen LogP contribution >= 0.6 is 22.5 Å². The number of benzene rings is 2. The van der Waals surface area contributed by atoms with Crippen LogP contribution < -0.4 is 9.62 Å². The van der Waals surface area contributed by atoms with Gasteiger partial charge in [0.1, 0.15) is 0 Å². The highest BCUT2D eigenvalue weighted by atomic mass is 32.3. The van der Waals surface area contributed by atoms with E-state index in [-0.39, 0.29) is 12.0 Å². The number of unbranched alkanes of at least 4 members (excludes halogenated alkanes) is 3. The van der Waals surface area contributed by atoms with Gasteiger partial charge < -0.3 is 10.1 Å². The van der Waals surface area contributed by atoms with Crippen LogP contribution in [0.25, 0.3) is 0 Å². The summed E-state index contributed by atoms with van der Waals surface area (Å²) in [6.45, 7) is 3.06. The van der Waals surface area contributed by atoms with Gasteiger partial charge in [0.25, 0.3) is 0 Å². The van der Waals surface area contributed by atoms with Crippen LogP contribution in [0.15, 0.2) is 52.3 Å². The Labute approximate surface area is 197 Å². The fourth-order valence-corrected chi connectivity index (χ4v) is 6.07. The zero-order valence-electron chi connectivity index (χ0n) is 19.0. The topological polar surface area (TPSA) is 82.0 Å². The molecule has 0 bridgehead atoms. The van der Waals surface area contributed by atoms with E-state index in [1.54, 1.807) is 23.1 Å². The molecule has 6 nitrogen and oxygen atoms in total. The van der Waals surface area contributed by atoms with Gasteiger partial charge in [0, 0.05) is 18.4 Å². The lowest BCUT2D eigenvalue weighted by Crippen LogP contribution is -2.24. The van der Waals surface area contributed by atoms with Gasteiger partial charge in [-0.05, 0) is 61.9 Å². The molecule has 2 aromatic rings. The van der Waals surface area contributed by atoms with Crippen molar-refractivity contribution in [3.05, 3.63) is 53.6 Å². The highest BCUT2D eigenvalue weighted by Crippen LogP contribution is 2.59. The van der Waals surface area contributed by atoms with Gasteiger partial charge in [-0.3, -0.25) is 18.2 Å². The number of nitrogens with one attached hydrogen (secondary N) is 1. The molecular formula is C24H34N2O4S2. The maximum atomic E-state index is 11.5. The second-order valence-electron chi connectivity index (χ2n) is 7.84. The minimum atomic E-state index is -3.16. The SMILES string of the molecule is CCOC(=O)CCCCCCNC1c2ccccc2N(C)S(O)(O)c2cc(SC)ccc21. The van der Waals surface area contributed by atoms with E-state index in [0.717, 1.165) is 53.9 Å². The molecule has 2 aromatic carbocycles. The molecule has 0 saturated carbocycles. The van der Waals surface area contributed by atoms with E-state index in [1.807, 2.05) is 49.6 Å². The Hall–Kier alpha value is -1.71. The van der Waals surface area contributed by atoms with Gasteiger partial charge >= 0.3 is 5.97 Å². The van der Waals surface area contributed by atoms with Gasteiger partial charge in [0.15, 0.2) is 0 Å². The second-order valence-corrected chi connectivity index (χ2v) is 10.7. The number of hydrogen-bond donors (Lipinski definition) is 3. The van der Waals surface area contributed by atoms with Gasteiger partial charge in [-0.15, -0.1) is 11.8 Å². The molecule has 0 amide bonds. The maximum Gasteiger partial charge on any atom is 0.305 e. The van der Waals surface area contributed by atoms with E-state index >= 15 is 0 Å². The van der Waals surface area contributed by atoms with Crippen molar-refractivity contribution in [3.8, 4) is 0 Å². The minimum absolute atomic E-state index is 0.120. The van der Waals surface area contributed by atoms with Gasteiger partial charge in [0.2, 0.25) is 0 Å². The third-order valence-electron chi connectivity index (χ3n) is 5.76. The van der Waals surface area contributed by atoms with Crippen molar-refractivity contribution in [2.45, 2.75) is 54.9 Å². The summed E-state index contributed by atoms with van der Waals surface area (Å²) in [5.41, 5.74) is 2.76. The number of hydrogen-bond acceptors (Lipinski definition) is 7. The van der Waals surface area contributed by atoms with Crippen molar-refractivity contribution in [2.75, 3.05) is 30.8 Å². The lowest BCUT2D eigenvalue weighted by molar-refractivity contribution is -0.143. The number of rotatable bonds is 10. The van der Waals surface area contributed by atoms with Crippen LogP contribution in [-0.2, 0) is 9.53 Å². The summed E-state index contributed by atoms with van der Waals surface area (Å²) in [4.78, 5) is 13.0. The molecule has 176 valence electrons. The van der Waals surface area contributed by atoms with Crippen molar-refractivity contribution in [2.24, 2.45) is 0 Å². The average molecular weight is 479 g/mol. The molecule has 0 radical (unpaired) electrons. The Morgan fingerprint density at radius 3 is 2.62 bits per heavy atom. The van der Waals surface area contributed by atoms with Crippen LogP contribution in [-0.4, -0.2) is 41.5 Å². The highest BCUT2D eigenvalue weighted by molar-refractivity contribution is 8.25. The van der Waals surface area contributed by atoms with E-state index in [1.165, 1.54) is 0 Å². The molecule has 0 saturated heterocycles. The number of para-hydroxylation sites is 1. The lowest BCUT2D eigenvalue weighted by Gasteiger charge is -2.41. The van der Waals surface area contributed by atoms with Gasteiger partial charge in [-0.2, -0.15) is 0 Å². The minimum Gasteiger partial charge on any atom is -0.466 e. The predicted octanol–water partition coefficient (Wildman–Crippen LogP) is 6.08. The van der Waals surface area contributed by atoms with E-state index < -0.39 is 10.8 Å². The van der Waals surface area contributed by atoms with Crippen molar-refractivity contribution in [1.29, 1.82) is 0 Å². The number of thioether (sulfide) groups is 1. The quantitative estimate of drug-likeness (QED) is 0.217. The smallest absolute Gasteiger partial charge is 0.305 e. The molecule has 3 N–H and O–H groups in total. The summed E-state index contributed by atoms with van der Waals surface area (Å²) in [7, 11) is -1.41. The largest absolute Gasteiger partial charge is 0.466 e. The number of fused-ring (bicyclic) bond motifs is 2. The molecule has 1 heterocycles. The Kier molecular flexibility index (Phi) is 8.90. The zero-order chi connectivity index (χ0) is 23.1. The van der Waals surface area contributed by atoms with Crippen LogP contribution in [0.2, 0.25) is 0 Å². The van der Waals surface area contributed by atoms with E-state index in [4.69, 9.17) is 4.74 Å². The maximum absolute atomic E-state index is 11.5. The lowest BCUT2D eigenvalue weighted by atomic mass is 9.96. The van der Waals surface area contributed by atoms with Crippen LogP contribution in [0, 0.1) is 0 Å². The Morgan fingerprint density at radius 1 is 1.12 bits per heavy atom. The summed E-state index contributed by atoms with van der Waals surface area (Å²) in [5, 5.41) is 3.66. The number of carbonyl (C=O) groups excluding carboxylic acids is 1. The van der Waals surface area contributed by atoms with Crippen molar-refractivity contribution in [3.63, 3.8) is 0 Å². The molecule has 3 rings (SSSR count). The van der Waals surface area contributed by atoms with Crippen molar-refractivity contribution >= 4 is 34.2 Å². The van der Waals surface area contributed by atoms with Gasteiger partial charge in [-0.1, -0.05) is 47.9 Å². The Bertz CT molecular complexity index is 923. The third-order valence-corrected chi connectivity index (χ3v) is 8.39. The summed E-state index contributed by atoms with van der Waals surface area (Å²) in [6, 6.07) is 13.7. The second kappa shape index (κ2) is 11.4. The first-order valence-electron chi connectivity index (χ1n) is 11.1. The van der Waals surface area contributed by atoms with Crippen LogP contribution in [0.3, 0.4) is 0 Å². The first kappa shape index (κ1) is 24.9. The number of carbonyl (C=O) groups is 1. The molecule has 0 fully saturated rings. The van der Waals surface area contributed by atoms with Crippen molar-refractivity contribution in [1.82, 2.24) is 5.32 Å². The van der Waals surface area contributed by atoms with E-state index in [2.05, 4.69) is 11.4 Å². The van der Waals surface area contributed by atoms with Gasteiger partial charge in [-0.25, -0.2) is 0 Å². The Balaban J connectivity index is 1.74. The fraction of sp³-hybridized carbons (Fsp3) is 0.458. The zero-order valence-corrected chi connectivity index (χ0v) is 20.7. The summed E-state index contributed by atoms with van der Waals surface area (Å²) >= 11 is 1.59. The monoisotopic (exact) mass is 478 g/mol. The molecule has 32 heavy (non-hydrogen) atoms. The Morgan fingerprint density at radius 2 is 1.88 bits per heavy atom. The third kappa shape index (κ3) is 5.61. The molecule has 8 heteroatoms. The molecule has 0 aromatic heterocycles. The van der Waals surface area contributed by atoms with Crippen molar-refractivity contribution < 1.29 is 18.6 Å². The predicted molar refractivity (Wildman–Crippen MR) is 134 cm³/mol. The number of ether oxygens (including phenoxy) is 1. The summed E-state index contributed by atoms with van der Waals surface area (Å²) < 4.78 is 29.0. The number of anilines is 1. The number of nitrogens with zero attached hydrogens (tertiary/aromatic N) is 1. The molecule has 1 aliphatic heterocycles. The summed E-state index contributed by atoms with van der Waals surface area (Å²) in [6.07, 6.45) is 6.29.